The molecule has 3 N–H and O–H groups in total. The summed E-state index contributed by atoms with van der Waals surface area (Å²) in [5.74, 6) is 1.58. The summed E-state index contributed by atoms with van der Waals surface area (Å²) in [6.45, 7) is 3.74. The van der Waals surface area contributed by atoms with Crippen LogP contribution >= 0.6 is 24.0 Å². The van der Waals surface area contributed by atoms with Crippen molar-refractivity contribution in [1.29, 1.82) is 0 Å². The van der Waals surface area contributed by atoms with Gasteiger partial charge in [-0.25, -0.2) is 4.79 Å². The second-order valence-corrected chi connectivity index (χ2v) is 7.19. The Morgan fingerprint density at radius 1 is 1.22 bits per heavy atom. The molecule has 1 aliphatic heterocycles. The second kappa shape index (κ2) is 14.0. The molecule has 0 bridgehead atoms. The first kappa shape index (κ1) is 27.8. The fraction of sp³-hybridized carbons (Fsp3) is 0.600. The number of amides is 1. The number of aliphatic imine (C=N–C) groups is 1. The number of guanidine groups is 1. The number of nitrogens with zero attached hydrogens (tertiary/aromatic N) is 1. The molecular weight excluding hydrogens is 541 g/mol. The minimum atomic E-state index is -2.97. The maximum Gasteiger partial charge on any atom is 0.407 e. The topological polar surface area (TPSA) is 102 Å². The molecule has 32 heavy (non-hydrogen) atoms. The van der Waals surface area contributed by atoms with E-state index in [4.69, 9.17) is 14.2 Å². The number of fused-ring (bicyclic) bond motifs is 1. The number of nitrogens with one attached hydrogen (secondary N) is 3. The number of hydrogen-bond acceptors (Lipinski definition) is 6. The molecular formula is C20H31F2IN4O5. The van der Waals surface area contributed by atoms with Crippen molar-refractivity contribution < 1.29 is 32.5 Å². The zero-order valence-electron chi connectivity index (χ0n) is 18.6. The maximum atomic E-state index is 12.8. The standard InChI is InChI=1S/C20H30F2N4O5.HI/c1-5-28-20(27)26-14(6-12(2)3)10-25-19(23-4)24-9-13-7-16-17(30-11-29-16)8-15(13)31-18(21)22;/h7-8,12,14,18H,5-6,9-11H2,1-4H3,(H,26,27)(H2,23,24,25);1H. The molecule has 0 saturated carbocycles. The van der Waals surface area contributed by atoms with Crippen LogP contribution in [0.25, 0.3) is 0 Å². The van der Waals surface area contributed by atoms with E-state index in [0.717, 1.165) is 6.42 Å². The first-order valence-corrected chi connectivity index (χ1v) is 10.1. The summed E-state index contributed by atoms with van der Waals surface area (Å²) in [4.78, 5) is 15.9. The first-order chi connectivity index (χ1) is 14.8. The molecule has 0 aromatic heterocycles. The lowest BCUT2D eigenvalue weighted by Gasteiger charge is -2.22. The number of rotatable bonds is 10. The zero-order chi connectivity index (χ0) is 22.8. The summed E-state index contributed by atoms with van der Waals surface area (Å²) in [5, 5.41) is 9.00. The lowest BCUT2D eigenvalue weighted by molar-refractivity contribution is -0.0505. The van der Waals surface area contributed by atoms with Gasteiger partial charge in [0, 0.05) is 37.8 Å². The van der Waals surface area contributed by atoms with Crippen molar-refractivity contribution in [3.8, 4) is 17.2 Å². The van der Waals surface area contributed by atoms with Crippen LogP contribution in [0.5, 0.6) is 17.2 Å². The average Bonchev–Trinajstić information content (AvgIpc) is 3.14. The number of ether oxygens (including phenoxy) is 4. The van der Waals surface area contributed by atoms with E-state index in [1.54, 1.807) is 20.0 Å². The van der Waals surface area contributed by atoms with Gasteiger partial charge < -0.3 is 34.9 Å². The number of carbonyl (C=O) groups excluding carboxylic acids is 1. The van der Waals surface area contributed by atoms with Crippen molar-refractivity contribution in [2.75, 3.05) is 27.0 Å². The third-order valence-electron chi connectivity index (χ3n) is 4.31. The fourth-order valence-corrected chi connectivity index (χ4v) is 3.03. The van der Waals surface area contributed by atoms with Crippen LogP contribution in [-0.4, -0.2) is 51.7 Å². The lowest BCUT2D eigenvalue weighted by atomic mass is 10.0. The van der Waals surface area contributed by atoms with E-state index in [0.29, 0.717) is 35.5 Å². The van der Waals surface area contributed by atoms with Gasteiger partial charge in [0.15, 0.2) is 17.5 Å². The molecule has 9 nitrogen and oxygen atoms in total. The van der Waals surface area contributed by atoms with Crippen molar-refractivity contribution in [3.63, 3.8) is 0 Å². The van der Waals surface area contributed by atoms with Crippen LogP contribution < -0.4 is 30.2 Å². The van der Waals surface area contributed by atoms with Crippen LogP contribution in [0.4, 0.5) is 13.6 Å². The molecule has 0 spiro atoms. The Labute approximate surface area is 203 Å². The predicted octanol–water partition coefficient (Wildman–Crippen LogP) is 3.46. The molecule has 1 aromatic rings. The average molecular weight is 572 g/mol. The van der Waals surface area contributed by atoms with Crippen LogP contribution in [0.15, 0.2) is 17.1 Å². The molecule has 0 radical (unpaired) electrons. The monoisotopic (exact) mass is 572 g/mol. The summed E-state index contributed by atoms with van der Waals surface area (Å²) in [7, 11) is 1.59. The molecule has 182 valence electrons. The molecule has 1 heterocycles. The summed E-state index contributed by atoms with van der Waals surface area (Å²) in [6, 6.07) is 2.79. The molecule has 1 unspecified atom stereocenters. The van der Waals surface area contributed by atoms with E-state index in [1.807, 2.05) is 0 Å². The number of halogens is 3. The van der Waals surface area contributed by atoms with Gasteiger partial charge in [0.05, 0.1) is 6.61 Å². The highest BCUT2D eigenvalue weighted by molar-refractivity contribution is 14.0. The van der Waals surface area contributed by atoms with Crippen LogP contribution in [-0.2, 0) is 11.3 Å². The van der Waals surface area contributed by atoms with Crippen molar-refractivity contribution in [1.82, 2.24) is 16.0 Å². The van der Waals surface area contributed by atoms with Gasteiger partial charge in [0.1, 0.15) is 5.75 Å². The molecule has 2 rings (SSSR count). The second-order valence-electron chi connectivity index (χ2n) is 7.19. The Kier molecular flexibility index (Phi) is 12.2. The van der Waals surface area contributed by atoms with Gasteiger partial charge in [0.25, 0.3) is 0 Å². The van der Waals surface area contributed by atoms with Crippen LogP contribution in [0, 0.1) is 5.92 Å². The van der Waals surface area contributed by atoms with E-state index < -0.39 is 12.7 Å². The summed E-state index contributed by atoms with van der Waals surface area (Å²) in [5.41, 5.74) is 0.455. The van der Waals surface area contributed by atoms with Crippen molar-refractivity contribution >= 4 is 36.0 Å². The highest BCUT2D eigenvalue weighted by Crippen LogP contribution is 2.38. The molecule has 1 amide bonds. The molecule has 1 aromatic carbocycles. The van der Waals surface area contributed by atoms with Crippen LogP contribution in [0.2, 0.25) is 0 Å². The summed E-state index contributed by atoms with van der Waals surface area (Å²) < 4.78 is 45.7. The predicted molar refractivity (Wildman–Crippen MR) is 126 cm³/mol. The van der Waals surface area contributed by atoms with Gasteiger partial charge in [-0.2, -0.15) is 8.78 Å². The molecule has 0 fully saturated rings. The largest absolute Gasteiger partial charge is 0.454 e. The van der Waals surface area contributed by atoms with Gasteiger partial charge in [-0.1, -0.05) is 13.8 Å². The number of benzene rings is 1. The van der Waals surface area contributed by atoms with Gasteiger partial charge >= 0.3 is 12.7 Å². The maximum absolute atomic E-state index is 12.8. The Morgan fingerprint density at radius 3 is 2.50 bits per heavy atom. The molecule has 1 atom stereocenters. The number of alkyl halides is 2. The van der Waals surface area contributed by atoms with E-state index in [2.05, 4.69) is 39.5 Å². The van der Waals surface area contributed by atoms with E-state index in [-0.39, 0.29) is 55.7 Å². The zero-order valence-corrected chi connectivity index (χ0v) is 20.9. The molecule has 0 aliphatic carbocycles. The van der Waals surface area contributed by atoms with Gasteiger partial charge in [0.2, 0.25) is 6.79 Å². The highest BCUT2D eigenvalue weighted by Gasteiger charge is 2.20. The number of hydrogen-bond donors (Lipinski definition) is 3. The third kappa shape index (κ3) is 9.09. The summed E-state index contributed by atoms with van der Waals surface area (Å²) >= 11 is 0. The smallest absolute Gasteiger partial charge is 0.407 e. The Balaban J connectivity index is 0.00000512. The van der Waals surface area contributed by atoms with Crippen molar-refractivity contribution in [3.05, 3.63) is 17.7 Å². The van der Waals surface area contributed by atoms with Crippen molar-refractivity contribution in [2.24, 2.45) is 10.9 Å². The third-order valence-corrected chi connectivity index (χ3v) is 4.31. The van der Waals surface area contributed by atoms with Gasteiger partial charge in [-0.15, -0.1) is 24.0 Å². The van der Waals surface area contributed by atoms with Crippen molar-refractivity contribution in [2.45, 2.75) is 46.4 Å². The molecule has 12 heteroatoms. The molecule has 1 aliphatic rings. The van der Waals surface area contributed by atoms with Crippen LogP contribution in [0.3, 0.4) is 0 Å². The minimum absolute atomic E-state index is 0. The quantitative estimate of drug-likeness (QED) is 0.224. The summed E-state index contributed by atoms with van der Waals surface area (Å²) in [6.07, 6.45) is 0.254. The van der Waals surface area contributed by atoms with Crippen LogP contribution in [0.1, 0.15) is 32.8 Å². The first-order valence-electron chi connectivity index (χ1n) is 10.1. The fourth-order valence-electron chi connectivity index (χ4n) is 3.03. The van der Waals surface area contributed by atoms with Gasteiger partial charge in [-0.05, 0) is 25.3 Å². The van der Waals surface area contributed by atoms with Gasteiger partial charge in [-0.3, -0.25) is 4.99 Å². The number of carbonyl (C=O) groups is 1. The normalized spacial score (nSPS) is 13.4. The number of alkyl carbamates (subject to hydrolysis) is 1. The Hall–Kier alpha value is -2.25. The van der Waals surface area contributed by atoms with E-state index >= 15 is 0 Å². The lowest BCUT2D eigenvalue weighted by Crippen LogP contribution is -2.47. The van der Waals surface area contributed by atoms with E-state index in [9.17, 15) is 13.6 Å². The SMILES string of the molecule is CCOC(=O)NC(CNC(=NC)NCc1cc2c(cc1OC(F)F)OCO2)CC(C)C.I. The Bertz CT molecular complexity index is 768. The molecule has 0 saturated heterocycles. The highest BCUT2D eigenvalue weighted by atomic mass is 127. The van der Waals surface area contributed by atoms with E-state index in [1.165, 1.54) is 6.07 Å². The Morgan fingerprint density at radius 2 is 1.91 bits per heavy atom. The minimum Gasteiger partial charge on any atom is -0.454 e.